The standard InChI is InChI=1S/C16H16F3N/c17-16(18,19)15-10-4-9-14(20-15)13-8-3-6-11-5-1-2-7-12(11)13/h1-3,5-8,14-15,20H,4,9-10H2. The van der Waals surface area contributed by atoms with E-state index in [1.165, 1.54) is 0 Å². The maximum absolute atomic E-state index is 12.9. The first-order valence-corrected chi connectivity index (χ1v) is 6.86. The van der Waals surface area contributed by atoms with Crippen molar-refractivity contribution in [2.45, 2.75) is 37.5 Å². The fourth-order valence-corrected chi connectivity index (χ4v) is 2.99. The Morgan fingerprint density at radius 3 is 2.50 bits per heavy atom. The Morgan fingerprint density at radius 2 is 1.70 bits per heavy atom. The first-order chi connectivity index (χ1) is 9.55. The third-order valence-corrected chi connectivity index (χ3v) is 3.98. The number of halogens is 3. The maximum atomic E-state index is 12.9. The van der Waals surface area contributed by atoms with Gasteiger partial charge in [0.05, 0.1) is 0 Å². The number of hydrogen-bond donors (Lipinski definition) is 1. The molecule has 20 heavy (non-hydrogen) atoms. The van der Waals surface area contributed by atoms with Crippen molar-refractivity contribution in [3.05, 3.63) is 48.0 Å². The number of benzene rings is 2. The van der Waals surface area contributed by atoms with E-state index in [-0.39, 0.29) is 12.5 Å². The van der Waals surface area contributed by atoms with E-state index in [0.29, 0.717) is 6.42 Å². The summed E-state index contributed by atoms with van der Waals surface area (Å²) in [6.07, 6.45) is -2.64. The van der Waals surface area contributed by atoms with Gasteiger partial charge < -0.3 is 0 Å². The lowest BCUT2D eigenvalue weighted by Gasteiger charge is -2.33. The molecule has 2 aromatic carbocycles. The normalized spacial score (nSPS) is 23.9. The SMILES string of the molecule is FC(F)(F)C1CCCC(c2cccc3ccccc23)N1. The van der Waals surface area contributed by atoms with Gasteiger partial charge in [-0.3, -0.25) is 5.32 Å². The van der Waals surface area contributed by atoms with Gasteiger partial charge >= 0.3 is 6.18 Å². The van der Waals surface area contributed by atoms with Crippen LogP contribution in [-0.4, -0.2) is 12.2 Å². The van der Waals surface area contributed by atoms with Gasteiger partial charge in [-0.15, -0.1) is 0 Å². The molecule has 106 valence electrons. The summed E-state index contributed by atoms with van der Waals surface area (Å²) in [7, 11) is 0. The van der Waals surface area contributed by atoms with Crippen LogP contribution in [0.1, 0.15) is 30.9 Å². The van der Waals surface area contributed by atoms with E-state index in [2.05, 4.69) is 5.32 Å². The second-order valence-electron chi connectivity index (χ2n) is 5.31. The fraction of sp³-hybridized carbons (Fsp3) is 0.375. The summed E-state index contributed by atoms with van der Waals surface area (Å²) in [6, 6.07) is 12.1. The second kappa shape index (κ2) is 5.09. The van der Waals surface area contributed by atoms with Crippen LogP contribution >= 0.6 is 0 Å². The average Bonchev–Trinajstić information content (AvgIpc) is 2.46. The van der Waals surface area contributed by atoms with Crippen LogP contribution in [0.15, 0.2) is 42.5 Å². The van der Waals surface area contributed by atoms with Crippen LogP contribution in [0.2, 0.25) is 0 Å². The number of piperidine rings is 1. The molecule has 0 aliphatic carbocycles. The first kappa shape index (κ1) is 13.4. The number of hydrogen-bond acceptors (Lipinski definition) is 1. The summed E-state index contributed by atoms with van der Waals surface area (Å²) in [5.74, 6) is 0. The van der Waals surface area contributed by atoms with Crippen molar-refractivity contribution in [1.82, 2.24) is 5.32 Å². The Bertz CT molecular complexity index is 601. The molecule has 0 amide bonds. The molecule has 3 rings (SSSR count). The van der Waals surface area contributed by atoms with Crippen molar-refractivity contribution in [1.29, 1.82) is 0 Å². The molecule has 0 radical (unpaired) electrons. The molecule has 1 saturated heterocycles. The fourth-order valence-electron chi connectivity index (χ4n) is 2.99. The third-order valence-electron chi connectivity index (χ3n) is 3.98. The van der Waals surface area contributed by atoms with Crippen LogP contribution in [0.5, 0.6) is 0 Å². The molecule has 4 heteroatoms. The predicted octanol–water partition coefficient (Wildman–Crippen LogP) is 4.59. The molecule has 1 N–H and O–H groups in total. The van der Waals surface area contributed by atoms with Crippen molar-refractivity contribution >= 4 is 10.8 Å². The molecule has 1 heterocycles. The zero-order chi connectivity index (χ0) is 14.2. The molecule has 2 unspecified atom stereocenters. The molecule has 1 fully saturated rings. The minimum atomic E-state index is -4.16. The van der Waals surface area contributed by atoms with Gasteiger partial charge in [0.2, 0.25) is 0 Å². The Morgan fingerprint density at radius 1 is 0.950 bits per heavy atom. The topological polar surface area (TPSA) is 12.0 Å². The molecule has 1 aliphatic heterocycles. The molecular weight excluding hydrogens is 263 g/mol. The van der Waals surface area contributed by atoms with Gasteiger partial charge in [0.1, 0.15) is 6.04 Å². The van der Waals surface area contributed by atoms with Gasteiger partial charge in [-0.2, -0.15) is 13.2 Å². The minimum Gasteiger partial charge on any atom is -0.299 e. The summed E-state index contributed by atoms with van der Waals surface area (Å²) < 4.78 is 38.6. The summed E-state index contributed by atoms with van der Waals surface area (Å²) in [5, 5.41) is 4.88. The van der Waals surface area contributed by atoms with Gasteiger partial charge in [-0.05, 0) is 35.6 Å². The lowest BCUT2D eigenvalue weighted by molar-refractivity contribution is -0.163. The van der Waals surface area contributed by atoms with E-state index in [1.807, 2.05) is 42.5 Å². The van der Waals surface area contributed by atoms with E-state index < -0.39 is 12.2 Å². The monoisotopic (exact) mass is 279 g/mol. The smallest absolute Gasteiger partial charge is 0.299 e. The molecule has 0 spiro atoms. The van der Waals surface area contributed by atoms with Crippen molar-refractivity contribution in [2.75, 3.05) is 0 Å². The number of alkyl halides is 3. The van der Waals surface area contributed by atoms with Crippen LogP contribution in [0.4, 0.5) is 13.2 Å². The van der Waals surface area contributed by atoms with Crippen LogP contribution in [0.25, 0.3) is 10.8 Å². The second-order valence-corrected chi connectivity index (χ2v) is 5.31. The zero-order valence-corrected chi connectivity index (χ0v) is 11.0. The molecule has 2 atom stereocenters. The number of rotatable bonds is 1. The third kappa shape index (κ3) is 2.52. The van der Waals surface area contributed by atoms with Gasteiger partial charge in [-0.25, -0.2) is 0 Å². The average molecular weight is 279 g/mol. The number of nitrogens with one attached hydrogen (secondary N) is 1. The highest BCUT2D eigenvalue weighted by Crippen LogP contribution is 2.35. The Kier molecular flexibility index (Phi) is 3.42. The summed E-state index contributed by atoms with van der Waals surface area (Å²) in [6.45, 7) is 0. The first-order valence-electron chi connectivity index (χ1n) is 6.86. The largest absolute Gasteiger partial charge is 0.403 e. The van der Waals surface area contributed by atoms with Gasteiger partial charge in [0, 0.05) is 6.04 Å². The van der Waals surface area contributed by atoms with Gasteiger partial charge in [0.15, 0.2) is 0 Å². The summed E-state index contributed by atoms with van der Waals surface area (Å²) in [5.41, 5.74) is 0.969. The molecule has 0 saturated carbocycles. The molecular formula is C16H16F3N. The highest BCUT2D eigenvalue weighted by molar-refractivity contribution is 5.86. The van der Waals surface area contributed by atoms with Crippen molar-refractivity contribution in [3.63, 3.8) is 0 Å². The van der Waals surface area contributed by atoms with E-state index in [9.17, 15) is 13.2 Å². The Labute approximate surface area is 115 Å². The molecule has 2 aromatic rings. The lowest BCUT2D eigenvalue weighted by atomic mass is 9.90. The van der Waals surface area contributed by atoms with Crippen LogP contribution in [0, 0.1) is 0 Å². The van der Waals surface area contributed by atoms with Crippen LogP contribution in [-0.2, 0) is 0 Å². The Hall–Kier alpha value is -1.55. The number of fused-ring (bicyclic) bond motifs is 1. The van der Waals surface area contributed by atoms with E-state index in [4.69, 9.17) is 0 Å². The zero-order valence-electron chi connectivity index (χ0n) is 11.0. The maximum Gasteiger partial charge on any atom is 0.403 e. The minimum absolute atomic E-state index is 0.171. The highest BCUT2D eigenvalue weighted by atomic mass is 19.4. The van der Waals surface area contributed by atoms with Crippen molar-refractivity contribution in [2.24, 2.45) is 0 Å². The predicted molar refractivity (Wildman–Crippen MR) is 73.5 cm³/mol. The van der Waals surface area contributed by atoms with Crippen molar-refractivity contribution < 1.29 is 13.2 Å². The van der Waals surface area contributed by atoms with Crippen LogP contribution < -0.4 is 5.32 Å². The van der Waals surface area contributed by atoms with Gasteiger partial charge in [0.25, 0.3) is 0 Å². The highest BCUT2D eigenvalue weighted by Gasteiger charge is 2.42. The molecule has 0 aromatic heterocycles. The summed E-state index contributed by atoms with van der Waals surface area (Å²) >= 11 is 0. The Balaban J connectivity index is 1.95. The molecule has 0 bridgehead atoms. The molecule has 1 nitrogen and oxygen atoms in total. The van der Waals surface area contributed by atoms with E-state index >= 15 is 0 Å². The quantitative estimate of drug-likeness (QED) is 0.805. The van der Waals surface area contributed by atoms with Crippen molar-refractivity contribution in [3.8, 4) is 0 Å². The summed E-state index contributed by atoms with van der Waals surface area (Å²) in [4.78, 5) is 0. The lowest BCUT2D eigenvalue weighted by Crippen LogP contribution is -2.46. The van der Waals surface area contributed by atoms with E-state index in [0.717, 1.165) is 22.8 Å². The van der Waals surface area contributed by atoms with Gasteiger partial charge in [-0.1, -0.05) is 42.5 Å². The van der Waals surface area contributed by atoms with Crippen LogP contribution in [0.3, 0.4) is 0 Å². The molecule has 1 aliphatic rings. The van der Waals surface area contributed by atoms with E-state index in [1.54, 1.807) is 0 Å².